The Balaban J connectivity index is 2.77. The van der Waals surface area contributed by atoms with Crippen molar-refractivity contribution in [1.29, 1.82) is 0 Å². The van der Waals surface area contributed by atoms with E-state index in [4.69, 9.17) is 5.11 Å². The van der Waals surface area contributed by atoms with Gasteiger partial charge in [-0.1, -0.05) is 54.7 Å². The molecule has 2 N–H and O–H groups in total. The highest BCUT2D eigenvalue weighted by Gasteiger charge is 2.42. The van der Waals surface area contributed by atoms with Gasteiger partial charge in [-0.2, -0.15) is 0 Å². The highest BCUT2D eigenvalue weighted by Crippen LogP contribution is 2.24. The van der Waals surface area contributed by atoms with Crippen molar-refractivity contribution in [3.8, 4) is 0 Å². The van der Waals surface area contributed by atoms with Gasteiger partial charge in [0.05, 0.1) is 6.04 Å². The van der Waals surface area contributed by atoms with Gasteiger partial charge in [0.1, 0.15) is 11.3 Å². The van der Waals surface area contributed by atoms with Crippen LogP contribution in [-0.4, -0.2) is 45.9 Å². The van der Waals surface area contributed by atoms with Crippen LogP contribution in [0.1, 0.15) is 19.8 Å². The van der Waals surface area contributed by atoms with Gasteiger partial charge in [-0.25, -0.2) is 0 Å². The van der Waals surface area contributed by atoms with Crippen molar-refractivity contribution in [2.24, 2.45) is 0 Å². The van der Waals surface area contributed by atoms with E-state index in [2.05, 4.69) is 0 Å². The van der Waals surface area contributed by atoms with Crippen LogP contribution in [0.25, 0.3) is 0 Å². The molecule has 1 aliphatic rings. The monoisotopic (exact) mass is 357 g/mol. The molecule has 0 aromatic carbocycles. The van der Waals surface area contributed by atoms with Gasteiger partial charge in [-0.05, 0) is 19.4 Å². The Morgan fingerprint density at radius 1 is 1.00 bits per heavy atom. The average molecular weight is 357 g/mol. The number of carbonyl (C=O) groups is 3. The maximum absolute atomic E-state index is 12.3. The van der Waals surface area contributed by atoms with Crippen molar-refractivity contribution in [1.82, 2.24) is 4.90 Å². The van der Waals surface area contributed by atoms with E-state index in [1.54, 1.807) is 18.2 Å². The minimum Gasteiger partial charge on any atom is -0.507 e. The lowest BCUT2D eigenvalue weighted by molar-refractivity contribution is -0.138. The van der Waals surface area contributed by atoms with E-state index in [9.17, 15) is 19.5 Å². The summed E-state index contributed by atoms with van der Waals surface area (Å²) in [6.45, 7) is 1.92. The van der Waals surface area contributed by atoms with Crippen molar-refractivity contribution < 1.29 is 24.6 Å². The average Bonchev–Trinajstić information content (AvgIpc) is 2.80. The minimum atomic E-state index is -1.04. The van der Waals surface area contributed by atoms with Crippen LogP contribution < -0.4 is 0 Å². The number of hydrogen-bond acceptors (Lipinski definition) is 4. The number of nitrogens with zero attached hydrogens (tertiary/aromatic N) is 1. The molecule has 1 aliphatic heterocycles. The number of aliphatic hydroxyl groups excluding tert-OH is 1. The number of allylic oxidation sites excluding steroid dienone is 10. The number of carbonyl (C=O) groups excluding carboxylic acids is 2. The molecule has 0 aliphatic carbocycles. The molecule has 0 saturated carbocycles. The van der Waals surface area contributed by atoms with Crippen LogP contribution in [0, 0.1) is 0 Å². The number of aliphatic hydroxyl groups is 1. The smallest absolute Gasteiger partial charge is 0.303 e. The summed E-state index contributed by atoms with van der Waals surface area (Å²) in [5, 5.41) is 18.8. The molecule has 1 fully saturated rings. The molecule has 1 amide bonds. The zero-order valence-corrected chi connectivity index (χ0v) is 14.8. The lowest BCUT2D eigenvalue weighted by Crippen LogP contribution is -2.32. The van der Waals surface area contributed by atoms with Crippen LogP contribution in [0.15, 0.2) is 72.1 Å². The Bertz CT molecular complexity index is 722. The highest BCUT2D eigenvalue weighted by molar-refractivity contribution is 6.26. The van der Waals surface area contributed by atoms with Gasteiger partial charge in [-0.3, -0.25) is 14.4 Å². The Morgan fingerprint density at radius 2 is 1.54 bits per heavy atom. The van der Waals surface area contributed by atoms with Gasteiger partial charge in [-0.15, -0.1) is 0 Å². The molecule has 0 bridgehead atoms. The molecule has 6 heteroatoms. The van der Waals surface area contributed by atoms with Crippen molar-refractivity contribution in [2.45, 2.75) is 25.8 Å². The molecule has 26 heavy (non-hydrogen) atoms. The third-order valence-electron chi connectivity index (χ3n) is 3.66. The first-order chi connectivity index (χ1) is 12.4. The van der Waals surface area contributed by atoms with Crippen molar-refractivity contribution in [2.75, 3.05) is 7.05 Å². The number of likely N-dealkylation sites (N-methyl/N-ethyl adjacent to an activating group) is 1. The van der Waals surface area contributed by atoms with Gasteiger partial charge in [0.25, 0.3) is 5.91 Å². The minimum absolute atomic E-state index is 0.0162. The maximum Gasteiger partial charge on any atom is 0.303 e. The fourth-order valence-electron chi connectivity index (χ4n) is 2.31. The summed E-state index contributed by atoms with van der Waals surface area (Å²) in [5.41, 5.74) is -0.308. The van der Waals surface area contributed by atoms with E-state index >= 15 is 0 Å². The van der Waals surface area contributed by atoms with Crippen molar-refractivity contribution in [3.05, 3.63) is 72.1 Å². The standard InChI is InChI=1S/C20H23NO5/c1-3-4-5-6-7-8-9-10-11-12-16(22)18-19(25)15(13-14-17(23)24)21(2)20(18)26/h3-12,15,22H,13-14H2,1-2H3,(H,23,24)/b4-3+,6-5+,8-7+,10-9+,12-11+,18-16+/t15-/m1/s1. The molecule has 6 nitrogen and oxygen atoms in total. The SMILES string of the molecule is C/C=C/C=C/C=C/C=C/C=C/C(O)=C1/C(=O)[C@@H](CCC(=O)O)N(C)C1=O. The van der Waals surface area contributed by atoms with E-state index in [-0.39, 0.29) is 18.4 Å². The van der Waals surface area contributed by atoms with Gasteiger partial charge in [0, 0.05) is 13.5 Å². The predicted molar refractivity (Wildman–Crippen MR) is 99.5 cm³/mol. The molecule has 1 heterocycles. The number of carboxylic acids is 1. The first-order valence-corrected chi connectivity index (χ1v) is 8.16. The molecule has 0 spiro atoms. The summed E-state index contributed by atoms with van der Waals surface area (Å²) in [7, 11) is 1.42. The number of rotatable bonds is 8. The van der Waals surface area contributed by atoms with E-state index in [1.165, 1.54) is 24.1 Å². The van der Waals surface area contributed by atoms with Gasteiger partial charge >= 0.3 is 5.97 Å². The number of Topliss-reactive ketones (excluding diaryl/α,β-unsaturated/α-hetero) is 1. The normalized spacial score (nSPS) is 20.8. The van der Waals surface area contributed by atoms with Crippen LogP contribution in [0.2, 0.25) is 0 Å². The third-order valence-corrected chi connectivity index (χ3v) is 3.66. The number of ketones is 1. The Hall–Kier alpha value is -3.15. The highest BCUT2D eigenvalue weighted by atomic mass is 16.4. The summed E-state index contributed by atoms with van der Waals surface area (Å²) in [4.78, 5) is 36.3. The fourth-order valence-corrected chi connectivity index (χ4v) is 2.31. The number of aliphatic carboxylic acids is 1. The molecule has 138 valence electrons. The van der Waals surface area contributed by atoms with Crippen molar-refractivity contribution >= 4 is 17.7 Å². The summed E-state index contributed by atoms with van der Waals surface area (Å²) in [6, 6.07) is -0.855. The summed E-state index contributed by atoms with van der Waals surface area (Å²) in [6.07, 6.45) is 17.1. The fraction of sp³-hybridized carbons (Fsp3) is 0.250. The zero-order chi connectivity index (χ0) is 19.5. The molecule has 0 aromatic heterocycles. The first-order valence-electron chi connectivity index (χ1n) is 8.16. The van der Waals surface area contributed by atoms with E-state index in [0.717, 1.165) is 0 Å². The summed E-state index contributed by atoms with van der Waals surface area (Å²) >= 11 is 0. The second-order valence-electron chi connectivity index (χ2n) is 5.53. The number of hydrogen-bond donors (Lipinski definition) is 2. The van der Waals surface area contributed by atoms with Crippen LogP contribution in [0.3, 0.4) is 0 Å². The van der Waals surface area contributed by atoms with Gasteiger partial charge in [0.15, 0.2) is 5.78 Å². The molecular weight excluding hydrogens is 334 g/mol. The van der Waals surface area contributed by atoms with Crippen LogP contribution in [0.4, 0.5) is 0 Å². The Morgan fingerprint density at radius 3 is 2.08 bits per heavy atom. The second-order valence-corrected chi connectivity index (χ2v) is 5.53. The van der Waals surface area contributed by atoms with E-state index in [0.29, 0.717) is 0 Å². The quantitative estimate of drug-likeness (QED) is 0.301. The number of amides is 1. The maximum atomic E-state index is 12.3. The molecule has 0 radical (unpaired) electrons. The third kappa shape index (κ3) is 6.05. The predicted octanol–water partition coefficient (Wildman–Crippen LogP) is 2.87. The van der Waals surface area contributed by atoms with Crippen molar-refractivity contribution in [3.63, 3.8) is 0 Å². The summed E-state index contributed by atoms with van der Waals surface area (Å²) < 4.78 is 0. The topological polar surface area (TPSA) is 94.9 Å². The first kappa shape index (κ1) is 20.9. The second kappa shape index (κ2) is 10.7. The molecule has 0 unspecified atom stereocenters. The number of carboxylic acid groups (broad SMARTS) is 1. The van der Waals surface area contributed by atoms with Gasteiger partial charge < -0.3 is 15.1 Å². The van der Waals surface area contributed by atoms with E-state index in [1.807, 2.05) is 37.3 Å². The molecule has 1 atom stereocenters. The molecular formula is C20H23NO5. The number of likely N-dealkylation sites (tertiary alicyclic amines) is 1. The molecule has 1 saturated heterocycles. The lowest BCUT2D eigenvalue weighted by Gasteiger charge is -2.16. The van der Waals surface area contributed by atoms with Crippen LogP contribution in [-0.2, 0) is 14.4 Å². The Kier molecular flexibility index (Phi) is 8.57. The molecule has 1 rings (SSSR count). The van der Waals surface area contributed by atoms with Crippen LogP contribution in [0.5, 0.6) is 0 Å². The zero-order valence-electron chi connectivity index (χ0n) is 14.8. The largest absolute Gasteiger partial charge is 0.507 e. The molecule has 0 aromatic rings. The van der Waals surface area contributed by atoms with E-state index < -0.39 is 29.5 Å². The van der Waals surface area contributed by atoms with Crippen LogP contribution >= 0.6 is 0 Å². The summed E-state index contributed by atoms with van der Waals surface area (Å²) in [5.74, 6) is -2.63. The van der Waals surface area contributed by atoms with Gasteiger partial charge in [0.2, 0.25) is 0 Å². The Labute approximate surface area is 152 Å². The lowest BCUT2D eigenvalue weighted by atomic mass is 10.0.